The van der Waals surface area contributed by atoms with Crippen LogP contribution < -0.4 is 0 Å². The number of nitrogens with zero attached hydrogens (tertiary/aromatic N) is 4. The molecule has 4 heteroatoms. The molecule has 37 heavy (non-hydrogen) atoms. The van der Waals surface area contributed by atoms with Gasteiger partial charge in [-0.05, 0) is 53.6 Å². The fourth-order valence-corrected chi connectivity index (χ4v) is 5.14. The highest BCUT2D eigenvalue weighted by atomic mass is 15.0. The summed E-state index contributed by atoms with van der Waals surface area (Å²) in [6, 6.07) is 42.0. The van der Waals surface area contributed by atoms with Crippen LogP contribution >= 0.6 is 0 Å². The molecule has 6 rings (SSSR count). The molecule has 0 radical (unpaired) electrons. The van der Waals surface area contributed by atoms with Gasteiger partial charge in [0.15, 0.2) is 0 Å². The van der Waals surface area contributed by atoms with Gasteiger partial charge in [-0.25, -0.2) is 0 Å². The molecule has 0 saturated carbocycles. The number of nitriles is 3. The highest BCUT2D eigenvalue weighted by molar-refractivity contribution is 6.15. The first-order valence-corrected chi connectivity index (χ1v) is 11.8. The van der Waals surface area contributed by atoms with Crippen LogP contribution in [0.15, 0.2) is 109 Å². The zero-order chi connectivity index (χ0) is 25.4. The van der Waals surface area contributed by atoms with Crippen molar-refractivity contribution in [1.82, 2.24) is 4.57 Å². The van der Waals surface area contributed by atoms with Crippen molar-refractivity contribution >= 4 is 21.8 Å². The summed E-state index contributed by atoms with van der Waals surface area (Å²) in [7, 11) is 0. The third kappa shape index (κ3) is 3.43. The summed E-state index contributed by atoms with van der Waals surface area (Å²) in [6.07, 6.45) is 0. The normalized spacial score (nSPS) is 10.6. The molecule has 1 aromatic heterocycles. The van der Waals surface area contributed by atoms with Crippen LogP contribution in [0.5, 0.6) is 0 Å². The number of aromatic nitrogens is 1. The molecule has 0 aliphatic heterocycles. The molecule has 0 aliphatic carbocycles. The third-order valence-corrected chi connectivity index (χ3v) is 6.73. The number of hydrogen-bond acceptors (Lipinski definition) is 3. The summed E-state index contributed by atoms with van der Waals surface area (Å²) in [5.74, 6) is 0. The summed E-state index contributed by atoms with van der Waals surface area (Å²) in [6.45, 7) is 0. The molecular formula is C33H18N4. The first kappa shape index (κ1) is 21.9. The van der Waals surface area contributed by atoms with E-state index < -0.39 is 0 Å². The average Bonchev–Trinajstić information content (AvgIpc) is 3.31. The number of hydrogen-bond donors (Lipinski definition) is 0. The molecule has 0 atom stereocenters. The molecule has 0 bridgehead atoms. The zero-order valence-corrected chi connectivity index (χ0v) is 19.7. The fourth-order valence-electron chi connectivity index (χ4n) is 5.14. The minimum atomic E-state index is 0.458. The highest BCUT2D eigenvalue weighted by Gasteiger charge is 2.20. The monoisotopic (exact) mass is 470 g/mol. The SMILES string of the molecule is N#Cc1ccccc1-c1ccc2c(c1)c1cccc(-c3c(C#N)cccc3C#N)c1n2-c1ccccc1. The first-order valence-electron chi connectivity index (χ1n) is 11.8. The van der Waals surface area contributed by atoms with Crippen LogP contribution in [0.2, 0.25) is 0 Å². The molecular weight excluding hydrogens is 452 g/mol. The molecule has 0 aliphatic rings. The van der Waals surface area contributed by atoms with Gasteiger partial charge in [-0.1, -0.05) is 66.7 Å². The Morgan fingerprint density at radius 2 is 1.14 bits per heavy atom. The Balaban J connectivity index is 1.77. The van der Waals surface area contributed by atoms with Gasteiger partial charge in [0.2, 0.25) is 0 Å². The van der Waals surface area contributed by atoms with Gasteiger partial charge in [0.05, 0.1) is 45.9 Å². The predicted molar refractivity (Wildman–Crippen MR) is 146 cm³/mol. The van der Waals surface area contributed by atoms with Gasteiger partial charge in [-0.3, -0.25) is 0 Å². The smallest absolute Gasteiger partial charge is 0.0998 e. The van der Waals surface area contributed by atoms with Gasteiger partial charge >= 0.3 is 0 Å². The van der Waals surface area contributed by atoms with Crippen LogP contribution in [0.1, 0.15) is 16.7 Å². The van der Waals surface area contributed by atoms with Crippen molar-refractivity contribution in [3.05, 3.63) is 126 Å². The Kier molecular flexibility index (Phi) is 5.24. The summed E-state index contributed by atoms with van der Waals surface area (Å²) in [5.41, 5.74) is 7.73. The standard InChI is InChI=1S/C33H18N4/c34-19-23-8-4-5-13-27(23)22-16-17-31-30(18-22)28-14-7-15-29(32-24(20-35)9-6-10-25(32)21-36)33(28)37(31)26-11-2-1-3-12-26/h1-18H. The van der Waals surface area contributed by atoms with Crippen molar-refractivity contribution in [3.63, 3.8) is 0 Å². The van der Waals surface area contributed by atoms with Gasteiger partial charge < -0.3 is 4.57 Å². The van der Waals surface area contributed by atoms with Crippen LogP contribution in [0.4, 0.5) is 0 Å². The second-order valence-electron chi connectivity index (χ2n) is 8.71. The van der Waals surface area contributed by atoms with E-state index in [1.165, 1.54) is 0 Å². The number of para-hydroxylation sites is 2. The summed E-state index contributed by atoms with van der Waals surface area (Å²) >= 11 is 0. The molecule has 0 fully saturated rings. The van der Waals surface area contributed by atoms with E-state index in [-0.39, 0.29) is 0 Å². The van der Waals surface area contributed by atoms with Crippen LogP contribution in [-0.2, 0) is 0 Å². The van der Waals surface area contributed by atoms with Crippen LogP contribution in [-0.4, -0.2) is 4.57 Å². The summed E-state index contributed by atoms with van der Waals surface area (Å²) in [4.78, 5) is 0. The van der Waals surface area contributed by atoms with Crippen LogP contribution in [0.3, 0.4) is 0 Å². The van der Waals surface area contributed by atoms with Gasteiger partial charge in [-0.2, -0.15) is 15.8 Å². The molecule has 6 aromatic rings. The first-order chi connectivity index (χ1) is 18.2. The van der Waals surface area contributed by atoms with Gasteiger partial charge in [0, 0.05) is 27.6 Å². The maximum Gasteiger partial charge on any atom is 0.0998 e. The molecule has 0 unspecified atom stereocenters. The third-order valence-electron chi connectivity index (χ3n) is 6.73. The van der Waals surface area contributed by atoms with Crippen molar-refractivity contribution in [2.24, 2.45) is 0 Å². The Labute approximate surface area is 214 Å². The second-order valence-corrected chi connectivity index (χ2v) is 8.71. The molecule has 170 valence electrons. The quantitative estimate of drug-likeness (QED) is 0.265. The molecule has 1 heterocycles. The van der Waals surface area contributed by atoms with E-state index in [9.17, 15) is 15.8 Å². The maximum absolute atomic E-state index is 9.92. The molecule has 4 nitrogen and oxygen atoms in total. The van der Waals surface area contributed by atoms with Crippen molar-refractivity contribution < 1.29 is 0 Å². The van der Waals surface area contributed by atoms with Crippen LogP contribution in [0, 0.1) is 34.0 Å². The topological polar surface area (TPSA) is 76.3 Å². The van der Waals surface area contributed by atoms with Crippen molar-refractivity contribution in [2.45, 2.75) is 0 Å². The van der Waals surface area contributed by atoms with Crippen molar-refractivity contribution in [3.8, 4) is 46.1 Å². The minimum Gasteiger partial charge on any atom is -0.309 e. The van der Waals surface area contributed by atoms with Crippen molar-refractivity contribution in [2.75, 3.05) is 0 Å². The van der Waals surface area contributed by atoms with E-state index in [1.807, 2.05) is 60.7 Å². The van der Waals surface area contributed by atoms with E-state index in [2.05, 4.69) is 53.1 Å². The number of benzene rings is 5. The summed E-state index contributed by atoms with van der Waals surface area (Å²) in [5, 5.41) is 31.5. The van der Waals surface area contributed by atoms with E-state index in [0.717, 1.165) is 44.2 Å². The van der Waals surface area contributed by atoms with E-state index in [0.29, 0.717) is 22.3 Å². The average molecular weight is 471 g/mol. The van der Waals surface area contributed by atoms with Gasteiger partial charge in [0.25, 0.3) is 0 Å². The lowest BCUT2D eigenvalue weighted by Gasteiger charge is -2.13. The lowest BCUT2D eigenvalue weighted by atomic mass is 9.93. The molecule has 0 amide bonds. The Bertz CT molecular complexity index is 1930. The lowest BCUT2D eigenvalue weighted by molar-refractivity contribution is 1.18. The predicted octanol–water partition coefficient (Wildman–Crippen LogP) is 7.73. The number of fused-ring (bicyclic) bond motifs is 3. The molecule has 5 aromatic carbocycles. The Hall–Kier alpha value is -5.63. The second kappa shape index (κ2) is 8.86. The fraction of sp³-hybridized carbons (Fsp3) is 0. The summed E-state index contributed by atoms with van der Waals surface area (Å²) < 4.78 is 2.19. The van der Waals surface area contributed by atoms with Gasteiger partial charge in [-0.15, -0.1) is 0 Å². The molecule has 0 spiro atoms. The van der Waals surface area contributed by atoms with E-state index in [1.54, 1.807) is 18.2 Å². The Morgan fingerprint density at radius 1 is 0.514 bits per heavy atom. The zero-order valence-electron chi connectivity index (χ0n) is 19.7. The maximum atomic E-state index is 9.92. The highest BCUT2D eigenvalue weighted by Crippen LogP contribution is 2.41. The van der Waals surface area contributed by atoms with E-state index >= 15 is 0 Å². The van der Waals surface area contributed by atoms with E-state index in [4.69, 9.17) is 0 Å². The Morgan fingerprint density at radius 3 is 1.86 bits per heavy atom. The molecule has 0 N–H and O–H groups in total. The minimum absolute atomic E-state index is 0.458. The largest absolute Gasteiger partial charge is 0.309 e. The lowest BCUT2D eigenvalue weighted by Crippen LogP contribution is -1.97. The van der Waals surface area contributed by atoms with Gasteiger partial charge in [0.1, 0.15) is 0 Å². The van der Waals surface area contributed by atoms with Crippen molar-refractivity contribution in [1.29, 1.82) is 15.8 Å². The van der Waals surface area contributed by atoms with Crippen LogP contribution in [0.25, 0.3) is 49.7 Å². The number of rotatable bonds is 3. The molecule has 0 saturated heterocycles.